The molecule has 2 fully saturated rings. The van der Waals surface area contributed by atoms with E-state index in [1.165, 1.54) is 12.3 Å². The van der Waals surface area contributed by atoms with E-state index in [2.05, 4.69) is 32.4 Å². The van der Waals surface area contributed by atoms with Crippen molar-refractivity contribution < 1.29 is 27.5 Å². The molecule has 2 N–H and O–H groups in total. The maximum absolute atomic E-state index is 13.4. The highest BCUT2D eigenvalue weighted by Crippen LogP contribution is 2.55. The van der Waals surface area contributed by atoms with E-state index in [1.807, 2.05) is 11.8 Å². The van der Waals surface area contributed by atoms with E-state index < -0.39 is 17.5 Å². The van der Waals surface area contributed by atoms with Gasteiger partial charge in [-0.1, -0.05) is 11.7 Å². The summed E-state index contributed by atoms with van der Waals surface area (Å²) in [6.07, 6.45) is 4.89. The van der Waals surface area contributed by atoms with Gasteiger partial charge in [-0.25, -0.2) is 13.8 Å². The fraction of sp³-hybridized carbons (Fsp3) is 0.346. The molecule has 1 saturated heterocycles. The van der Waals surface area contributed by atoms with Crippen LogP contribution in [0.25, 0.3) is 0 Å². The Bertz CT molecular complexity index is 1370. The van der Waals surface area contributed by atoms with Gasteiger partial charge in [0, 0.05) is 24.0 Å². The lowest BCUT2D eigenvalue weighted by Crippen LogP contribution is -2.48. The summed E-state index contributed by atoms with van der Waals surface area (Å²) in [4.78, 5) is 31.0. The molecule has 38 heavy (non-hydrogen) atoms. The van der Waals surface area contributed by atoms with Gasteiger partial charge in [-0.3, -0.25) is 9.59 Å². The van der Waals surface area contributed by atoms with Crippen LogP contribution in [0.5, 0.6) is 0 Å². The number of anilines is 4. The van der Waals surface area contributed by atoms with Gasteiger partial charge >= 0.3 is 23.8 Å². The van der Waals surface area contributed by atoms with Gasteiger partial charge in [-0.2, -0.15) is 0 Å². The number of benzene rings is 1. The first-order valence-electron chi connectivity index (χ1n) is 12.2. The van der Waals surface area contributed by atoms with Crippen LogP contribution in [0.2, 0.25) is 0 Å². The minimum absolute atomic E-state index is 0.0214. The number of hydrogen-bond acceptors (Lipinski definition) is 9. The molecule has 198 valence electrons. The van der Waals surface area contributed by atoms with E-state index in [9.17, 15) is 18.4 Å². The Morgan fingerprint density at radius 1 is 1.18 bits per heavy atom. The Kier molecular flexibility index (Phi) is 6.79. The van der Waals surface area contributed by atoms with E-state index in [0.29, 0.717) is 18.1 Å². The average Bonchev–Trinajstić information content (AvgIpc) is 3.34. The summed E-state index contributed by atoms with van der Waals surface area (Å²) in [7, 11) is 0. The van der Waals surface area contributed by atoms with Gasteiger partial charge in [0.25, 0.3) is 0 Å². The highest BCUT2D eigenvalue weighted by molar-refractivity contribution is 6.00. The number of nitrogens with one attached hydrogen (secondary N) is 2. The van der Waals surface area contributed by atoms with Crippen LogP contribution in [-0.2, 0) is 9.53 Å². The number of allylic oxidation sites excluding steroid dienone is 1. The zero-order valence-electron chi connectivity index (χ0n) is 20.7. The minimum atomic E-state index is -1.04. The molecule has 2 aliphatic rings. The van der Waals surface area contributed by atoms with Crippen molar-refractivity contribution in [1.29, 1.82) is 0 Å². The topological polar surface area (TPSA) is 122 Å². The molecule has 0 bridgehead atoms. The van der Waals surface area contributed by atoms with Gasteiger partial charge in [0.1, 0.15) is 5.82 Å². The van der Waals surface area contributed by atoms with Crippen LogP contribution in [0.15, 0.2) is 53.2 Å². The van der Waals surface area contributed by atoms with Crippen LogP contribution >= 0.6 is 0 Å². The van der Waals surface area contributed by atoms with Crippen molar-refractivity contribution in [2.75, 3.05) is 28.7 Å². The maximum atomic E-state index is 13.4. The molecule has 10 nitrogen and oxygen atoms in total. The lowest BCUT2D eigenvalue weighted by Gasteiger charge is -2.52. The van der Waals surface area contributed by atoms with Crippen molar-refractivity contribution in [2.24, 2.45) is 11.3 Å². The first kappa shape index (κ1) is 25.3. The minimum Gasteiger partial charge on any atom is -0.466 e. The number of hydrogen-bond donors (Lipinski definition) is 2. The van der Waals surface area contributed by atoms with Crippen molar-refractivity contribution in [3.05, 3.63) is 66.3 Å². The number of piperidine rings is 1. The molecule has 12 heteroatoms. The molecule has 2 aromatic heterocycles. The zero-order chi connectivity index (χ0) is 26.9. The number of amides is 1. The van der Waals surface area contributed by atoms with Crippen LogP contribution in [-0.4, -0.2) is 40.2 Å². The Morgan fingerprint density at radius 3 is 2.66 bits per heavy atom. The summed E-state index contributed by atoms with van der Waals surface area (Å²) < 4.78 is 36.9. The van der Waals surface area contributed by atoms with Crippen molar-refractivity contribution >= 4 is 35.1 Å². The molecular weight excluding hydrogens is 498 g/mol. The van der Waals surface area contributed by atoms with Crippen LogP contribution < -0.4 is 15.5 Å². The monoisotopic (exact) mass is 524 g/mol. The predicted octanol–water partition coefficient (Wildman–Crippen LogP) is 4.81. The molecular formula is C26H26F2N6O4. The maximum Gasteiger partial charge on any atom is 0.320 e. The number of halogens is 2. The summed E-state index contributed by atoms with van der Waals surface area (Å²) in [5.74, 6) is -2.43. The van der Waals surface area contributed by atoms with Gasteiger partial charge in [0.05, 0.1) is 24.4 Å². The summed E-state index contributed by atoms with van der Waals surface area (Å²) in [5, 5.41) is 12.6. The van der Waals surface area contributed by atoms with Crippen LogP contribution in [0, 0.1) is 23.0 Å². The van der Waals surface area contributed by atoms with Gasteiger partial charge < -0.3 is 24.7 Å². The number of esters is 1. The van der Waals surface area contributed by atoms with Crippen molar-refractivity contribution in [3.8, 4) is 0 Å². The normalized spacial score (nSPS) is 20.7. The fourth-order valence-electron chi connectivity index (χ4n) is 5.03. The predicted molar refractivity (Wildman–Crippen MR) is 134 cm³/mol. The van der Waals surface area contributed by atoms with Crippen LogP contribution in [0.1, 0.15) is 43.3 Å². The Balaban J connectivity index is 1.15. The fourth-order valence-corrected chi connectivity index (χ4v) is 5.03. The number of aromatic nitrogens is 3. The number of ether oxygens (including phenoxy) is 1. The molecule has 1 aliphatic carbocycles. The highest BCUT2D eigenvalue weighted by Gasteiger charge is 2.50. The molecule has 3 heterocycles. The third kappa shape index (κ3) is 5.20. The molecule has 1 amide bonds. The molecule has 1 aliphatic heterocycles. The Hall–Kier alpha value is -4.35. The first-order chi connectivity index (χ1) is 18.2. The van der Waals surface area contributed by atoms with Crippen molar-refractivity contribution in [3.63, 3.8) is 0 Å². The second-order valence-corrected chi connectivity index (χ2v) is 9.53. The number of carbonyl (C=O) groups excluding carboxylic acids is 2. The van der Waals surface area contributed by atoms with Crippen molar-refractivity contribution in [1.82, 2.24) is 15.2 Å². The standard InChI is InChI=1S/C26H26F2N6O4/c1-3-37-24(36)16-12-26(13-16)8-9-34(15(2)11-26)21-7-5-18(14-29-21)30-22(35)23-32-33-25(38-23)31-17-4-6-19(27)20(28)10-17/h4-7,10,14,16H,2-3,8-9,11-13H2,1H3,(H,30,35)(H,31,33). The van der Waals surface area contributed by atoms with Crippen LogP contribution in [0.4, 0.5) is 32.0 Å². The molecule has 5 rings (SSSR count). The van der Waals surface area contributed by atoms with E-state index >= 15 is 0 Å². The van der Waals surface area contributed by atoms with Crippen molar-refractivity contribution in [2.45, 2.75) is 32.6 Å². The van der Waals surface area contributed by atoms with E-state index in [4.69, 9.17) is 9.15 Å². The molecule has 0 atom stereocenters. The largest absolute Gasteiger partial charge is 0.466 e. The molecule has 0 unspecified atom stereocenters. The third-order valence-electron chi connectivity index (χ3n) is 6.88. The Morgan fingerprint density at radius 2 is 1.97 bits per heavy atom. The number of rotatable bonds is 7. The summed E-state index contributed by atoms with van der Waals surface area (Å²) in [5.41, 5.74) is 1.64. The number of pyridine rings is 1. The molecule has 3 aromatic rings. The quantitative estimate of drug-likeness (QED) is 0.419. The molecule has 1 spiro atoms. The first-order valence-corrected chi connectivity index (χ1v) is 12.2. The molecule has 1 aromatic carbocycles. The van der Waals surface area contributed by atoms with E-state index in [-0.39, 0.29) is 34.9 Å². The second-order valence-electron chi connectivity index (χ2n) is 9.53. The summed E-state index contributed by atoms with van der Waals surface area (Å²) >= 11 is 0. The van der Waals surface area contributed by atoms with E-state index in [1.54, 1.807) is 12.1 Å². The highest BCUT2D eigenvalue weighted by atomic mass is 19.2. The lowest BCUT2D eigenvalue weighted by molar-refractivity contribution is -0.157. The van der Waals surface area contributed by atoms with E-state index in [0.717, 1.165) is 50.1 Å². The summed E-state index contributed by atoms with van der Waals surface area (Å²) in [6.45, 7) is 7.19. The zero-order valence-corrected chi connectivity index (χ0v) is 20.7. The smallest absolute Gasteiger partial charge is 0.320 e. The van der Waals surface area contributed by atoms with Gasteiger partial charge in [-0.15, -0.1) is 5.10 Å². The Labute approximate surface area is 217 Å². The van der Waals surface area contributed by atoms with Crippen LogP contribution in [0.3, 0.4) is 0 Å². The number of carbonyl (C=O) groups is 2. The lowest BCUT2D eigenvalue weighted by atomic mass is 9.57. The SMILES string of the molecule is C=C1CC2(CCN1c1ccc(NC(=O)c3nnc(Nc4ccc(F)c(F)c4)o3)cn1)CC(C(=O)OCC)C2. The van der Waals surface area contributed by atoms with Gasteiger partial charge in [0.15, 0.2) is 11.6 Å². The molecule has 0 radical (unpaired) electrons. The van der Waals surface area contributed by atoms with Gasteiger partial charge in [-0.05, 0) is 62.3 Å². The second kappa shape index (κ2) is 10.2. The molecule has 1 saturated carbocycles. The number of nitrogens with zero attached hydrogens (tertiary/aromatic N) is 4. The summed E-state index contributed by atoms with van der Waals surface area (Å²) in [6, 6.07) is 6.50. The average molecular weight is 525 g/mol. The third-order valence-corrected chi connectivity index (χ3v) is 6.88. The van der Waals surface area contributed by atoms with Gasteiger partial charge in [0.2, 0.25) is 0 Å².